The van der Waals surface area contributed by atoms with E-state index in [0.717, 1.165) is 56.6 Å². The van der Waals surface area contributed by atoms with Crippen molar-refractivity contribution in [2.75, 3.05) is 32.8 Å². The number of halogens is 2. The maximum absolute atomic E-state index is 6.04. The summed E-state index contributed by atoms with van der Waals surface area (Å²) in [6.07, 6.45) is 6.21. The lowest BCUT2D eigenvalue weighted by atomic mass is 9.87. The number of nitrogens with one attached hydrogen (secondary N) is 1. The molecule has 4 rings (SSSR count). The van der Waals surface area contributed by atoms with Crippen LogP contribution in [0.4, 0.5) is 0 Å². The molecule has 2 saturated heterocycles. The van der Waals surface area contributed by atoms with Gasteiger partial charge >= 0.3 is 0 Å². The maximum Gasteiger partial charge on any atom is 0.194 e. The molecule has 1 unspecified atom stereocenters. The molecule has 1 atom stereocenters. The van der Waals surface area contributed by atoms with Gasteiger partial charge in [0.1, 0.15) is 5.65 Å². The molecule has 2 aliphatic rings. The highest BCUT2D eigenvalue weighted by Crippen LogP contribution is 2.38. The molecule has 0 radical (unpaired) electrons. The van der Waals surface area contributed by atoms with E-state index in [-0.39, 0.29) is 24.0 Å². The fourth-order valence-electron chi connectivity index (χ4n) is 3.76. The fraction of sp³-hybridized carbons (Fsp3) is 0.556. The van der Waals surface area contributed by atoms with E-state index >= 15 is 0 Å². The third-order valence-corrected chi connectivity index (χ3v) is 5.34. The Labute approximate surface area is 176 Å². The fourth-order valence-corrected chi connectivity index (χ4v) is 3.93. The smallest absolute Gasteiger partial charge is 0.194 e. The van der Waals surface area contributed by atoms with Crippen LogP contribution in [-0.2, 0) is 11.3 Å². The molecule has 142 valence electrons. The molecule has 26 heavy (non-hydrogen) atoms. The quantitative estimate of drug-likeness (QED) is 0.409. The Morgan fingerprint density at radius 3 is 3.04 bits per heavy atom. The van der Waals surface area contributed by atoms with Crippen LogP contribution in [0.25, 0.3) is 5.65 Å². The van der Waals surface area contributed by atoms with Gasteiger partial charge < -0.3 is 19.4 Å². The Morgan fingerprint density at radius 2 is 2.27 bits per heavy atom. The predicted molar refractivity (Wildman–Crippen MR) is 114 cm³/mol. The predicted octanol–water partition coefficient (Wildman–Crippen LogP) is 3.18. The van der Waals surface area contributed by atoms with Crippen molar-refractivity contribution in [3.63, 3.8) is 0 Å². The second-order valence-electron chi connectivity index (χ2n) is 6.99. The van der Waals surface area contributed by atoms with Crippen LogP contribution in [0.3, 0.4) is 0 Å². The lowest BCUT2D eigenvalue weighted by Crippen LogP contribution is -2.41. The molecule has 1 N–H and O–H groups in total. The van der Waals surface area contributed by atoms with E-state index in [1.165, 1.54) is 6.42 Å². The molecular formula is C18H25ClIN5O. The highest BCUT2D eigenvalue weighted by atomic mass is 127. The van der Waals surface area contributed by atoms with Gasteiger partial charge in [0.15, 0.2) is 5.96 Å². The van der Waals surface area contributed by atoms with E-state index in [1.54, 1.807) is 0 Å². The zero-order valence-corrected chi connectivity index (χ0v) is 18.0. The number of hydrogen-bond donors (Lipinski definition) is 1. The van der Waals surface area contributed by atoms with Gasteiger partial charge in [-0.15, -0.1) is 24.0 Å². The van der Waals surface area contributed by atoms with Crippen molar-refractivity contribution in [1.82, 2.24) is 19.6 Å². The third-order valence-electron chi connectivity index (χ3n) is 5.11. The van der Waals surface area contributed by atoms with E-state index < -0.39 is 0 Å². The van der Waals surface area contributed by atoms with Crippen molar-refractivity contribution in [3.05, 3.63) is 35.2 Å². The van der Waals surface area contributed by atoms with Gasteiger partial charge in [0.25, 0.3) is 0 Å². The molecule has 0 aliphatic carbocycles. The van der Waals surface area contributed by atoms with Gasteiger partial charge in [-0.25, -0.2) is 9.98 Å². The van der Waals surface area contributed by atoms with Crippen molar-refractivity contribution >= 4 is 47.2 Å². The summed E-state index contributed by atoms with van der Waals surface area (Å²) in [5.74, 6) is 0.973. The Hall–Kier alpha value is -1.06. The molecular weight excluding hydrogens is 465 g/mol. The summed E-state index contributed by atoms with van der Waals surface area (Å²) < 4.78 is 7.58. The summed E-state index contributed by atoms with van der Waals surface area (Å²) >= 11 is 6.04. The number of guanidine groups is 1. The molecule has 1 spiro atoms. The van der Waals surface area contributed by atoms with Gasteiger partial charge in [-0.05, 0) is 31.9 Å². The molecule has 6 nitrogen and oxygen atoms in total. The van der Waals surface area contributed by atoms with Crippen molar-refractivity contribution < 1.29 is 4.74 Å². The summed E-state index contributed by atoms with van der Waals surface area (Å²) in [6.45, 7) is 7.37. The van der Waals surface area contributed by atoms with Crippen LogP contribution in [0.15, 0.2) is 29.5 Å². The highest BCUT2D eigenvalue weighted by Gasteiger charge is 2.42. The average Bonchev–Trinajstić information content (AvgIpc) is 3.32. The molecule has 2 fully saturated rings. The van der Waals surface area contributed by atoms with Crippen molar-refractivity contribution in [2.45, 2.75) is 26.3 Å². The first-order valence-corrected chi connectivity index (χ1v) is 9.29. The van der Waals surface area contributed by atoms with Crippen LogP contribution in [0.1, 0.15) is 25.5 Å². The minimum atomic E-state index is 0. The largest absolute Gasteiger partial charge is 0.381 e. The van der Waals surface area contributed by atoms with Crippen LogP contribution in [0.2, 0.25) is 5.02 Å². The van der Waals surface area contributed by atoms with E-state index in [2.05, 4.69) is 22.1 Å². The minimum absolute atomic E-state index is 0. The van der Waals surface area contributed by atoms with Gasteiger partial charge in [-0.3, -0.25) is 0 Å². The second-order valence-corrected chi connectivity index (χ2v) is 7.43. The number of pyridine rings is 1. The van der Waals surface area contributed by atoms with Gasteiger partial charge in [0, 0.05) is 44.0 Å². The zero-order chi connectivity index (χ0) is 17.3. The normalized spacial score (nSPS) is 23.0. The zero-order valence-electron chi connectivity index (χ0n) is 14.9. The molecule has 2 aliphatic heterocycles. The number of ether oxygens (including phenoxy) is 1. The molecule has 0 bridgehead atoms. The Balaban J connectivity index is 0.00000196. The van der Waals surface area contributed by atoms with E-state index in [0.29, 0.717) is 17.0 Å². The summed E-state index contributed by atoms with van der Waals surface area (Å²) in [7, 11) is 0. The van der Waals surface area contributed by atoms with Gasteiger partial charge in [0.05, 0.1) is 23.9 Å². The molecule has 2 aromatic heterocycles. The van der Waals surface area contributed by atoms with Crippen LogP contribution >= 0.6 is 35.6 Å². The summed E-state index contributed by atoms with van der Waals surface area (Å²) in [5, 5.41) is 4.13. The molecule has 0 amide bonds. The standard InChI is InChI=1S/C18H24ClN5O.HI/c1-2-20-17(23-7-5-18(12-23)6-8-25-13-18)21-9-15-11-24-10-14(19)3-4-16(24)22-15;/h3-4,10-11H,2,5-9,12-13H2,1H3,(H,20,21);1H. The maximum atomic E-state index is 6.04. The number of aromatic nitrogens is 2. The van der Waals surface area contributed by atoms with Gasteiger partial charge in [-0.2, -0.15) is 0 Å². The Kier molecular flexibility index (Phi) is 6.29. The lowest BCUT2D eigenvalue weighted by molar-refractivity contribution is 0.156. The SMILES string of the molecule is CCNC(=NCc1cn2cc(Cl)ccc2n1)N1CCC2(CCOC2)C1.I. The lowest BCUT2D eigenvalue weighted by Gasteiger charge is -2.24. The van der Waals surface area contributed by atoms with Gasteiger partial charge in [0.2, 0.25) is 0 Å². The number of fused-ring (bicyclic) bond motifs is 1. The molecule has 2 aromatic rings. The summed E-state index contributed by atoms with van der Waals surface area (Å²) in [5.41, 5.74) is 2.16. The van der Waals surface area contributed by atoms with Crippen LogP contribution in [0, 0.1) is 5.41 Å². The van der Waals surface area contributed by atoms with E-state index in [4.69, 9.17) is 21.3 Å². The molecule has 4 heterocycles. The Bertz CT molecular complexity index is 787. The first-order valence-electron chi connectivity index (χ1n) is 8.92. The van der Waals surface area contributed by atoms with Crippen molar-refractivity contribution in [3.8, 4) is 0 Å². The minimum Gasteiger partial charge on any atom is -0.381 e. The number of aliphatic imine (C=N–C) groups is 1. The van der Waals surface area contributed by atoms with Crippen molar-refractivity contribution in [1.29, 1.82) is 0 Å². The number of rotatable bonds is 3. The first kappa shape index (κ1) is 19.7. The summed E-state index contributed by atoms with van der Waals surface area (Å²) in [6, 6.07) is 3.78. The number of nitrogens with zero attached hydrogens (tertiary/aromatic N) is 4. The molecule has 8 heteroatoms. The van der Waals surface area contributed by atoms with Crippen LogP contribution < -0.4 is 5.32 Å². The Morgan fingerprint density at radius 1 is 1.38 bits per heavy atom. The number of imidazole rings is 1. The highest BCUT2D eigenvalue weighted by molar-refractivity contribution is 14.0. The van der Waals surface area contributed by atoms with Crippen molar-refractivity contribution in [2.24, 2.45) is 10.4 Å². The average molecular weight is 490 g/mol. The third kappa shape index (κ3) is 4.09. The molecule has 0 aromatic carbocycles. The number of likely N-dealkylation sites (tertiary alicyclic amines) is 1. The number of hydrogen-bond acceptors (Lipinski definition) is 3. The van der Waals surface area contributed by atoms with Crippen LogP contribution in [0.5, 0.6) is 0 Å². The second kappa shape index (κ2) is 8.31. The van der Waals surface area contributed by atoms with Crippen LogP contribution in [-0.4, -0.2) is 53.1 Å². The van der Waals surface area contributed by atoms with E-state index in [9.17, 15) is 0 Å². The topological polar surface area (TPSA) is 54.2 Å². The van der Waals surface area contributed by atoms with Gasteiger partial charge in [-0.1, -0.05) is 11.6 Å². The first-order chi connectivity index (χ1) is 12.2. The molecule has 0 saturated carbocycles. The van der Waals surface area contributed by atoms with E-state index in [1.807, 2.05) is 28.9 Å². The monoisotopic (exact) mass is 489 g/mol. The summed E-state index contributed by atoms with van der Waals surface area (Å²) in [4.78, 5) is 11.8.